The van der Waals surface area contributed by atoms with Crippen LogP contribution in [-0.4, -0.2) is 13.2 Å². The zero-order chi connectivity index (χ0) is 14.7. The van der Waals surface area contributed by atoms with E-state index >= 15 is 0 Å². The number of hydrogen-bond acceptors (Lipinski definition) is 3. The summed E-state index contributed by atoms with van der Waals surface area (Å²) >= 11 is 0. The van der Waals surface area contributed by atoms with Crippen molar-refractivity contribution in [3.8, 4) is 17.6 Å². The van der Waals surface area contributed by atoms with Crippen LogP contribution in [0.5, 0.6) is 11.5 Å². The van der Waals surface area contributed by atoms with Crippen molar-refractivity contribution in [2.45, 2.75) is 12.8 Å². The number of benzene rings is 2. The summed E-state index contributed by atoms with van der Waals surface area (Å²) in [5, 5.41) is 8.69. The fourth-order valence-electron chi connectivity index (χ4n) is 2.36. The molecule has 1 aliphatic heterocycles. The molecule has 0 saturated heterocycles. The molecule has 2 aromatic carbocycles. The predicted molar refractivity (Wildman–Crippen MR) is 76.0 cm³/mol. The number of hydrogen-bond donors (Lipinski definition) is 0. The molecule has 0 unspecified atom stereocenters. The van der Waals surface area contributed by atoms with Crippen LogP contribution in [0.25, 0.3) is 0 Å². The van der Waals surface area contributed by atoms with Gasteiger partial charge in [0, 0.05) is 12.8 Å². The van der Waals surface area contributed by atoms with E-state index < -0.39 is 5.82 Å². The summed E-state index contributed by atoms with van der Waals surface area (Å²) in [6.07, 6.45) is 1.64. The second kappa shape index (κ2) is 5.84. The second-order valence-electron chi connectivity index (χ2n) is 4.90. The molecule has 106 valence electrons. The van der Waals surface area contributed by atoms with Crippen molar-refractivity contribution >= 4 is 0 Å². The van der Waals surface area contributed by atoms with E-state index in [9.17, 15) is 4.39 Å². The van der Waals surface area contributed by atoms with Gasteiger partial charge in [0.15, 0.2) is 11.6 Å². The maximum atomic E-state index is 13.7. The molecule has 21 heavy (non-hydrogen) atoms. The van der Waals surface area contributed by atoms with Gasteiger partial charge in [0.1, 0.15) is 5.75 Å². The Morgan fingerprint density at radius 3 is 2.95 bits per heavy atom. The minimum atomic E-state index is -0.503. The Bertz CT molecular complexity index is 706. The number of ether oxygens (including phenoxy) is 2. The van der Waals surface area contributed by atoms with Gasteiger partial charge in [0.25, 0.3) is 0 Å². The number of fused-ring (bicyclic) bond motifs is 1. The Hall–Kier alpha value is -2.54. The molecule has 0 radical (unpaired) electrons. The van der Waals surface area contributed by atoms with E-state index in [1.54, 1.807) is 6.07 Å². The minimum Gasteiger partial charge on any atom is -0.493 e. The Labute approximate surface area is 122 Å². The van der Waals surface area contributed by atoms with E-state index in [4.69, 9.17) is 14.7 Å². The average Bonchev–Trinajstić information content (AvgIpc) is 2.96. The molecule has 1 heterocycles. The molecule has 0 spiro atoms. The van der Waals surface area contributed by atoms with E-state index in [1.807, 2.05) is 18.2 Å². The van der Waals surface area contributed by atoms with E-state index in [0.29, 0.717) is 18.6 Å². The third kappa shape index (κ3) is 2.97. The normalized spacial score (nSPS) is 12.4. The lowest BCUT2D eigenvalue weighted by Crippen LogP contribution is -2.03. The molecule has 3 nitrogen and oxygen atoms in total. The highest BCUT2D eigenvalue weighted by molar-refractivity contribution is 5.40. The molecule has 4 heteroatoms. The lowest BCUT2D eigenvalue weighted by molar-refractivity contribution is 0.305. The fraction of sp³-hybridized carbons (Fsp3) is 0.235. The Balaban J connectivity index is 1.60. The number of nitriles is 1. The first-order chi connectivity index (χ1) is 10.3. The van der Waals surface area contributed by atoms with Gasteiger partial charge in [-0.3, -0.25) is 0 Å². The quantitative estimate of drug-likeness (QED) is 0.865. The minimum absolute atomic E-state index is 0.179. The number of rotatable bonds is 4. The summed E-state index contributed by atoms with van der Waals surface area (Å²) in [7, 11) is 0. The van der Waals surface area contributed by atoms with Crippen LogP contribution in [0.2, 0.25) is 0 Å². The monoisotopic (exact) mass is 283 g/mol. The summed E-state index contributed by atoms with van der Waals surface area (Å²) in [6.45, 7) is 1.13. The first kappa shape index (κ1) is 13.4. The average molecular weight is 283 g/mol. The van der Waals surface area contributed by atoms with Crippen LogP contribution in [-0.2, 0) is 12.8 Å². The van der Waals surface area contributed by atoms with Crippen molar-refractivity contribution in [2.24, 2.45) is 0 Å². The van der Waals surface area contributed by atoms with Crippen LogP contribution in [0, 0.1) is 17.1 Å². The van der Waals surface area contributed by atoms with Gasteiger partial charge in [-0.25, -0.2) is 4.39 Å². The van der Waals surface area contributed by atoms with Crippen LogP contribution in [0.1, 0.15) is 16.7 Å². The molecule has 0 aliphatic carbocycles. The lowest BCUT2D eigenvalue weighted by Gasteiger charge is -2.08. The number of halogens is 1. The molecular weight excluding hydrogens is 269 g/mol. The zero-order valence-electron chi connectivity index (χ0n) is 11.4. The molecule has 0 bridgehead atoms. The van der Waals surface area contributed by atoms with Gasteiger partial charge in [-0.05, 0) is 35.4 Å². The SMILES string of the molecule is N#Cc1ccc(OCCc2ccc3c(c2)CCO3)c(F)c1. The summed E-state index contributed by atoms with van der Waals surface area (Å²) < 4.78 is 24.6. The van der Waals surface area contributed by atoms with Gasteiger partial charge < -0.3 is 9.47 Å². The molecule has 0 fully saturated rings. The summed E-state index contributed by atoms with van der Waals surface area (Å²) in [6, 6.07) is 12.2. The van der Waals surface area contributed by atoms with Gasteiger partial charge in [-0.15, -0.1) is 0 Å². The third-order valence-corrected chi connectivity index (χ3v) is 3.46. The largest absolute Gasteiger partial charge is 0.493 e. The van der Waals surface area contributed by atoms with Crippen LogP contribution in [0.3, 0.4) is 0 Å². The van der Waals surface area contributed by atoms with E-state index in [2.05, 4.69) is 6.07 Å². The van der Waals surface area contributed by atoms with Crippen molar-refractivity contribution in [3.63, 3.8) is 0 Å². The van der Waals surface area contributed by atoms with Crippen molar-refractivity contribution in [1.29, 1.82) is 5.26 Å². The highest BCUT2D eigenvalue weighted by Crippen LogP contribution is 2.26. The van der Waals surface area contributed by atoms with Gasteiger partial charge in [-0.1, -0.05) is 12.1 Å². The topological polar surface area (TPSA) is 42.2 Å². The van der Waals surface area contributed by atoms with Crippen LogP contribution < -0.4 is 9.47 Å². The maximum absolute atomic E-state index is 13.7. The highest BCUT2D eigenvalue weighted by atomic mass is 19.1. The second-order valence-corrected chi connectivity index (χ2v) is 4.90. The van der Waals surface area contributed by atoms with Crippen LogP contribution >= 0.6 is 0 Å². The molecule has 3 rings (SSSR count). The predicted octanol–water partition coefficient (Wildman–Crippen LogP) is 3.25. The Morgan fingerprint density at radius 2 is 2.14 bits per heavy atom. The van der Waals surface area contributed by atoms with Crippen LogP contribution in [0.4, 0.5) is 4.39 Å². The molecule has 1 aliphatic rings. The van der Waals surface area contributed by atoms with E-state index in [-0.39, 0.29) is 5.75 Å². The molecule has 0 saturated carbocycles. The standard InChI is InChI=1S/C17H14FNO2/c18-15-10-13(11-19)2-4-17(15)21-7-5-12-1-3-16-14(9-12)6-8-20-16/h1-4,9-10H,5-8H2. The van der Waals surface area contributed by atoms with Gasteiger partial charge in [-0.2, -0.15) is 5.26 Å². The van der Waals surface area contributed by atoms with Crippen molar-refractivity contribution in [2.75, 3.05) is 13.2 Å². The van der Waals surface area contributed by atoms with Crippen molar-refractivity contribution < 1.29 is 13.9 Å². The fourth-order valence-corrected chi connectivity index (χ4v) is 2.36. The van der Waals surface area contributed by atoms with Gasteiger partial charge in [0.05, 0.1) is 24.8 Å². The van der Waals surface area contributed by atoms with Crippen molar-refractivity contribution in [1.82, 2.24) is 0 Å². The van der Waals surface area contributed by atoms with Crippen molar-refractivity contribution in [3.05, 3.63) is 58.9 Å². The summed E-state index contributed by atoms with van der Waals surface area (Å²) in [4.78, 5) is 0. The highest BCUT2D eigenvalue weighted by Gasteiger charge is 2.12. The van der Waals surface area contributed by atoms with Gasteiger partial charge >= 0.3 is 0 Å². The molecule has 0 aromatic heterocycles. The lowest BCUT2D eigenvalue weighted by atomic mass is 10.1. The molecule has 2 aromatic rings. The third-order valence-electron chi connectivity index (χ3n) is 3.46. The van der Waals surface area contributed by atoms with Crippen LogP contribution in [0.15, 0.2) is 36.4 Å². The Kier molecular flexibility index (Phi) is 3.74. The first-order valence-electron chi connectivity index (χ1n) is 6.83. The molecule has 0 amide bonds. The smallest absolute Gasteiger partial charge is 0.166 e. The zero-order valence-corrected chi connectivity index (χ0v) is 11.4. The van der Waals surface area contributed by atoms with Gasteiger partial charge in [0.2, 0.25) is 0 Å². The summed E-state index contributed by atoms with van der Waals surface area (Å²) in [5.74, 6) is 0.632. The first-order valence-corrected chi connectivity index (χ1v) is 6.83. The Morgan fingerprint density at radius 1 is 1.24 bits per heavy atom. The van der Waals surface area contributed by atoms with E-state index in [0.717, 1.165) is 24.3 Å². The van der Waals surface area contributed by atoms with E-state index in [1.165, 1.54) is 17.7 Å². The molecular formula is C17H14FNO2. The molecule has 0 N–H and O–H groups in total. The maximum Gasteiger partial charge on any atom is 0.166 e. The number of nitrogens with zero attached hydrogens (tertiary/aromatic N) is 1. The molecule has 0 atom stereocenters. The summed E-state index contributed by atoms with van der Waals surface area (Å²) in [5.41, 5.74) is 2.66.